The molecule has 1 aromatic heterocycles. The van der Waals surface area contributed by atoms with Gasteiger partial charge in [-0.25, -0.2) is 9.13 Å². The largest absolute Gasteiger partial charge is 0.497 e. The third-order valence-corrected chi connectivity index (χ3v) is 4.64. The molecule has 2 aromatic carbocycles. The van der Waals surface area contributed by atoms with Crippen LogP contribution in [-0.2, 0) is 13.1 Å². The predicted molar refractivity (Wildman–Crippen MR) is 105 cm³/mol. The maximum atomic E-state index is 6.47. The normalized spacial score (nSPS) is 11.0. The Morgan fingerprint density at radius 3 is 2.46 bits per heavy atom. The van der Waals surface area contributed by atoms with Gasteiger partial charge in [0.05, 0.1) is 13.7 Å². The van der Waals surface area contributed by atoms with Gasteiger partial charge >= 0.3 is 5.95 Å². The number of methoxy groups -OCH3 is 1. The van der Waals surface area contributed by atoms with Crippen molar-refractivity contribution < 1.29 is 14.0 Å². The minimum atomic E-state index is 0.560. The van der Waals surface area contributed by atoms with Crippen LogP contribution >= 0.6 is 0 Å². The Bertz CT molecular complexity index is 840. The van der Waals surface area contributed by atoms with Gasteiger partial charge in [-0.2, -0.15) is 0 Å². The number of ether oxygens (including phenoxy) is 2. The Morgan fingerprint density at radius 2 is 1.73 bits per heavy atom. The molecule has 0 saturated heterocycles. The first-order valence-corrected chi connectivity index (χ1v) is 9.28. The molecular weight excluding hydrogens is 326 g/mol. The Morgan fingerprint density at radius 1 is 1.00 bits per heavy atom. The number of aromatic nitrogens is 2. The Kier molecular flexibility index (Phi) is 6.00. The summed E-state index contributed by atoms with van der Waals surface area (Å²) in [6, 6.07) is 16.0. The zero-order valence-corrected chi connectivity index (χ0v) is 15.6. The number of hydrogen-bond acceptors (Lipinski definition) is 3. The molecule has 0 fully saturated rings. The van der Waals surface area contributed by atoms with Gasteiger partial charge in [-0.05, 0) is 42.8 Å². The van der Waals surface area contributed by atoms with Crippen LogP contribution < -0.4 is 19.8 Å². The Balaban J connectivity index is 1.73. The van der Waals surface area contributed by atoms with Crippen molar-refractivity contribution in [1.82, 2.24) is 4.57 Å². The summed E-state index contributed by atoms with van der Waals surface area (Å²) >= 11 is 0. The van der Waals surface area contributed by atoms with Crippen LogP contribution in [0.3, 0.4) is 0 Å². The van der Waals surface area contributed by atoms with Crippen molar-refractivity contribution in [2.24, 2.45) is 0 Å². The molecule has 0 aliphatic heterocycles. The van der Waals surface area contributed by atoms with Crippen LogP contribution in [0.2, 0.25) is 0 Å². The highest BCUT2D eigenvalue weighted by atomic mass is 16.5. The molecule has 2 N–H and O–H groups in total. The van der Waals surface area contributed by atoms with E-state index in [1.807, 2.05) is 24.3 Å². The summed E-state index contributed by atoms with van der Waals surface area (Å²) in [6.07, 6.45) is 3.56. The number of aryl methyl sites for hydroxylation is 1. The number of imidazole rings is 1. The molecule has 0 amide bonds. The SMILES string of the molecule is CCCCC[n+]1c(N)n(CCOc2ccc(OC)cc2)c2ccccc21. The summed E-state index contributed by atoms with van der Waals surface area (Å²) in [7, 11) is 1.66. The van der Waals surface area contributed by atoms with Crippen molar-refractivity contribution in [3.05, 3.63) is 48.5 Å². The molecule has 0 saturated carbocycles. The lowest BCUT2D eigenvalue weighted by Crippen LogP contribution is -2.36. The second kappa shape index (κ2) is 8.61. The van der Waals surface area contributed by atoms with Crippen LogP contribution in [0.1, 0.15) is 26.2 Å². The molecule has 0 aliphatic carbocycles. The first kappa shape index (κ1) is 18.1. The van der Waals surface area contributed by atoms with Gasteiger partial charge in [0.1, 0.15) is 35.7 Å². The zero-order chi connectivity index (χ0) is 18.4. The number of para-hydroxylation sites is 2. The van der Waals surface area contributed by atoms with Crippen LogP contribution in [0, 0.1) is 0 Å². The van der Waals surface area contributed by atoms with Gasteiger partial charge in [0.15, 0.2) is 0 Å². The van der Waals surface area contributed by atoms with E-state index in [2.05, 4.69) is 40.3 Å². The van der Waals surface area contributed by atoms with Crippen LogP contribution in [0.5, 0.6) is 11.5 Å². The van der Waals surface area contributed by atoms with Crippen molar-refractivity contribution in [2.45, 2.75) is 39.3 Å². The first-order chi connectivity index (χ1) is 12.7. The molecule has 5 heteroatoms. The highest BCUT2D eigenvalue weighted by Gasteiger charge is 2.20. The summed E-state index contributed by atoms with van der Waals surface area (Å²) in [6.45, 7) is 4.43. The molecule has 3 aromatic rings. The highest BCUT2D eigenvalue weighted by molar-refractivity contribution is 5.73. The van der Waals surface area contributed by atoms with Crippen molar-refractivity contribution in [2.75, 3.05) is 19.5 Å². The zero-order valence-electron chi connectivity index (χ0n) is 15.6. The number of nitrogens with zero attached hydrogens (tertiary/aromatic N) is 2. The second-order valence-electron chi connectivity index (χ2n) is 6.38. The summed E-state index contributed by atoms with van der Waals surface area (Å²) in [5, 5.41) is 0. The lowest BCUT2D eigenvalue weighted by molar-refractivity contribution is -0.657. The van der Waals surface area contributed by atoms with E-state index >= 15 is 0 Å². The summed E-state index contributed by atoms with van der Waals surface area (Å²) in [5.41, 5.74) is 8.81. The van der Waals surface area contributed by atoms with Gasteiger partial charge in [-0.1, -0.05) is 31.9 Å². The number of fused-ring (bicyclic) bond motifs is 1. The first-order valence-electron chi connectivity index (χ1n) is 9.28. The molecule has 0 atom stereocenters. The minimum Gasteiger partial charge on any atom is -0.497 e. The number of rotatable bonds is 9. The van der Waals surface area contributed by atoms with E-state index < -0.39 is 0 Å². The highest BCUT2D eigenvalue weighted by Crippen LogP contribution is 2.19. The van der Waals surface area contributed by atoms with E-state index in [9.17, 15) is 0 Å². The average Bonchev–Trinajstić information content (AvgIpc) is 2.94. The minimum absolute atomic E-state index is 0.560. The maximum Gasteiger partial charge on any atom is 0.356 e. The van der Waals surface area contributed by atoms with Gasteiger partial charge in [-0.15, -0.1) is 0 Å². The van der Waals surface area contributed by atoms with E-state index in [4.69, 9.17) is 15.2 Å². The van der Waals surface area contributed by atoms with Crippen molar-refractivity contribution in [3.8, 4) is 11.5 Å². The smallest absolute Gasteiger partial charge is 0.356 e. The fourth-order valence-electron chi connectivity index (χ4n) is 3.23. The third-order valence-electron chi connectivity index (χ3n) is 4.64. The second-order valence-corrected chi connectivity index (χ2v) is 6.38. The average molecular weight is 354 g/mol. The van der Waals surface area contributed by atoms with E-state index in [0.717, 1.165) is 35.9 Å². The quantitative estimate of drug-likeness (QED) is 0.470. The van der Waals surface area contributed by atoms with Crippen molar-refractivity contribution in [3.63, 3.8) is 0 Å². The van der Waals surface area contributed by atoms with Crippen LogP contribution in [0.15, 0.2) is 48.5 Å². The monoisotopic (exact) mass is 354 g/mol. The van der Waals surface area contributed by atoms with Crippen LogP contribution in [-0.4, -0.2) is 18.3 Å². The summed E-state index contributed by atoms with van der Waals surface area (Å²) in [4.78, 5) is 0. The Hall–Kier alpha value is -2.69. The molecule has 0 bridgehead atoms. The van der Waals surface area contributed by atoms with Gasteiger partial charge in [0.2, 0.25) is 0 Å². The molecular formula is C21H28N3O2+. The van der Waals surface area contributed by atoms with Gasteiger partial charge < -0.3 is 9.47 Å². The number of nitrogens with two attached hydrogens (primary N) is 1. The molecule has 3 rings (SSSR count). The van der Waals surface area contributed by atoms with E-state index in [0.29, 0.717) is 13.2 Å². The molecule has 138 valence electrons. The number of hydrogen-bond donors (Lipinski definition) is 1. The molecule has 0 aliphatic rings. The van der Waals surface area contributed by atoms with Crippen LogP contribution in [0.25, 0.3) is 11.0 Å². The number of unbranched alkanes of at least 4 members (excludes halogenated alkanes) is 2. The van der Waals surface area contributed by atoms with Gasteiger partial charge in [0, 0.05) is 0 Å². The van der Waals surface area contributed by atoms with Crippen molar-refractivity contribution >= 4 is 17.0 Å². The lowest BCUT2D eigenvalue weighted by atomic mass is 10.2. The summed E-state index contributed by atoms with van der Waals surface area (Å²) in [5.74, 6) is 2.45. The standard InChI is InChI=1S/C21H27N3O2/c1-3-4-7-14-23-19-8-5-6-9-20(19)24(21(23)22)15-16-26-18-12-10-17(25-2)11-13-18/h5-6,8-13,22H,3-4,7,14-16H2,1-2H3/p+1. The predicted octanol–water partition coefficient (Wildman–Crippen LogP) is 3.79. The molecule has 0 radical (unpaired) electrons. The molecule has 0 unspecified atom stereocenters. The number of nitrogen functional groups attached to an aromatic ring is 1. The molecule has 5 nitrogen and oxygen atoms in total. The molecule has 1 heterocycles. The van der Waals surface area contributed by atoms with Crippen molar-refractivity contribution in [1.29, 1.82) is 0 Å². The Labute approximate surface area is 155 Å². The third kappa shape index (κ3) is 3.93. The van der Waals surface area contributed by atoms with E-state index in [1.54, 1.807) is 7.11 Å². The summed E-state index contributed by atoms with van der Waals surface area (Å²) < 4.78 is 15.4. The van der Waals surface area contributed by atoms with Crippen LogP contribution in [0.4, 0.5) is 5.95 Å². The topological polar surface area (TPSA) is 53.3 Å². The number of anilines is 1. The maximum absolute atomic E-state index is 6.47. The number of benzene rings is 2. The molecule has 0 spiro atoms. The van der Waals surface area contributed by atoms with E-state index in [1.165, 1.54) is 18.4 Å². The molecule has 26 heavy (non-hydrogen) atoms. The fourth-order valence-corrected chi connectivity index (χ4v) is 3.23. The van der Waals surface area contributed by atoms with E-state index in [-0.39, 0.29) is 0 Å². The fraction of sp³-hybridized carbons (Fsp3) is 0.381. The van der Waals surface area contributed by atoms with Gasteiger partial charge in [-0.3, -0.25) is 5.73 Å². The lowest BCUT2D eigenvalue weighted by Gasteiger charge is -2.07. The van der Waals surface area contributed by atoms with Gasteiger partial charge in [0.25, 0.3) is 0 Å².